The zero-order chi connectivity index (χ0) is 20.1. The summed E-state index contributed by atoms with van der Waals surface area (Å²) in [6, 6.07) is 26.4. The molecule has 1 aliphatic rings. The van der Waals surface area contributed by atoms with Crippen molar-refractivity contribution in [3.63, 3.8) is 0 Å². The van der Waals surface area contributed by atoms with Crippen LogP contribution < -0.4 is 5.56 Å². The maximum atomic E-state index is 13.5. The number of para-hydroxylation sites is 1. The van der Waals surface area contributed by atoms with Crippen LogP contribution in [0.2, 0.25) is 0 Å². The summed E-state index contributed by atoms with van der Waals surface area (Å²) in [6.45, 7) is 0. The summed E-state index contributed by atoms with van der Waals surface area (Å²) < 4.78 is 1.97. The van der Waals surface area contributed by atoms with Crippen molar-refractivity contribution < 1.29 is 0 Å². The highest BCUT2D eigenvalue weighted by Gasteiger charge is 2.43. The lowest BCUT2D eigenvalue weighted by Crippen LogP contribution is -2.21. The molecular formula is C26H19N3O. The molecule has 2 atom stereocenters. The van der Waals surface area contributed by atoms with Gasteiger partial charge in [-0.25, -0.2) is 0 Å². The molecule has 4 heteroatoms. The Bertz CT molecular complexity index is 1460. The van der Waals surface area contributed by atoms with Gasteiger partial charge < -0.3 is 4.57 Å². The maximum absolute atomic E-state index is 13.5. The highest BCUT2D eigenvalue weighted by atomic mass is 16.1. The van der Waals surface area contributed by atoms with Crippen molar-refractivity contribution in [1.29, 1.82) is 0 Å². The number of fused-ring (bicyclic) bond motifs is 2. The van der Waals surface area contributed by atoms with Crippen LogP contribution in [-0.2, 0) is 0 Å². The first kappa shape index (κ1) is 17.1. The highest BCUT2D eigenvalue weighted by Crippen LogP contribution is 2.51. The van der Waals surface area contributed by atoms with E-state index in [4.69, 9.17) is 4.98 Å². The van der Waals surface area contributed by atoms with Crippen molar-refractivity contribution in [2.75, 3.05) is 0 Å². The summed E-state index contributed by atoms with van der Waals surface area (Å²) in [7, 11) is 0. The lowest BCUT2D eigenvalue weighted by molar-refractivity contribution is 0.696. The molecular weight excluding hydrogens is 370 g/mol. The lowest BCUT2D eigenvalue weighted by atomic mass is 10.1. The second-order valence-electron chi connectivity index (χ2n) is 7.87. The Balaban J connectivity index is 1.50. The van der Waals surface area contributed by atoms with Crippen LogP contribution in [0.4, 0.5) is 0 Å². The molecule has 0 amide bonds. The van der Waals surface area contributed by atoms with Crippen LogP contribution >= 0.6 is 0 Å². The summed E-state index contributed by atoms with van der Waals surface area (Å²) in [4.78, 5) is 22.5. The topological polar surface area (TPSA) is 47.8 Å². The first-order valence-corrected chi connectivity index (χ1v) is 10.2. The van der Waals surface area contributed by atoms with E-state index in [0.29, 0.717) is 0 Å². The molecule has 1 saturated carbocycles. The van der Waals surface area contributed by atoms with Gasteiger partial charge in [-0.3, -0.25) is 14.8 Å². The van der Waals surface area contributed by atoms with Gasteiger partial charge in [-0.05, 0) is 48.2 Å². The van der Waals surface area contributed by atoms with Crippen LogP contribution in [0.1, 0.15) is 24.1 Å². The third-order valence-corrected chi connectivity index (χ3v) is 6.03. The number of hydrogen-bond acceptors (Lipinski definition) is 3. The Hall–Kier alpha value is -3.79. The fraction of sp³-hybridized carbons (Fsp3) is 0.115. The molecule has 3 aromatic heterocycles. The third-order valence-electron chi connectivity index (χ3n) is 6.03. The van der Waals surface area contributed by atoms with E-state index < -0.39 is 0 Å². The minimum Gasteiger partial charge on any atom is -0.304 e. The van der Waals surface area contributed by atoms with E-state index >= 15 is 0 Å². The molecule has 0 bridgehead atoms. The molecule has 30 heavy (non-hydrogen) atoms. The summed E-state index contributed by atoms with van der Waals surface area (Å²) in [5, 5.41) is 2.86. The van der Waals surface area contributed by atoms with E-state index in [-0.39, 0.29) is 17.5 Å². The number of aromatic nitrogens is 3. The van der Waals surface area contributed by atoms with Crippen LogP contribution in [0.3, 0.4) is 0 Å². The van der Waals surface area contributed by atoms with Gasteiger partial charge in [0.1, 0.15) is 0 Å². The summed E-state index contributed by atoms with van der Waals surface area (Å²) in [5.74, 6) is 0.244. The molecule has 2 aromatic carbocycles. The van der Waals surface area contributed by atoms with Gasteiger partial charge in [-0.15, -0.1) is 0 Å². The Morgan fingerprint density at radius 2 is 1.60 bits per heavy atom. The molecule has 144 valence electrons. The molecule has 4 nitrogen and oxygen atoms in total. The van der Waals surface area contributed by atoms with Gasteiger partial charge in [0.05, 0.1) is 11.2 Å². The molecule has 0 radical (unpaired) electrons. The van der Waals surface area contributed by atoms with Crippen molar-refractivity contribution in [1.82, 2.24) is 14.5 Å². The SMILES string of the molecule is O=c1c2ccccc2cc(-c2ccncc2)n1C1CC1c1ccc2ccccc2n1. The fourth-order valence-corrected chi connectivity index (χ4v) is 4.42. The zero-order valence-electron chi connectivity index (χ0n) is 16.3. The predicted molar refractivity (Wildman–Crippen MR) is 120 cm³/mol. The van der Waals surface area contributed by atoms with Gasteiger partial charge in [0.2, 0.25) is 0 Å². The van der Waals surface area contributed by atoms with Crippen LogP contribution in [0.5, 0.6) is 0 Å². The number of pyridine rings is 3. The van der Waals surface area contributed by atoms with Crippen molar-refractivity contribution >= 4 is 21.7 Å². The molecule has 0 N–H and O–H groups in total. The van der Waals surface area contributed by atoms with Gasteiger partial charge in [-0.2, -0.15) is 0 Å². The van der Waals surface area contributed by atoms with Crippen molar-refractivity contribution in [3.8, 4) is 11.3 Å². The molecule has 5 aromatic rings. The van der Waals surface area contributed by atoms with Crippen LogP contribution in [0, 0.1) is 0 Å². The quantitative estimate of drug-likeness (QED) is 0.418. The second-order valence-corrected chi connectivity index (χ2v) is 7.87. The summed E-state index contributed by atoms with van der Waals surface area (Å²) in [6.07, 6.45) is 4.46. The lowest BCUT2D eigenvalue weighted by Gasteiger charge is -2.15. The average Bonchev–Trinajstić information content (AvgIpc) is 3.60. The molecule has 3 heterocycles. The number of nitrogens with zero attached hydrogens (tertiary/aromatic N) is 3. The number of benzene rings is 2. The Morgan fingerprint density at radius 1 is 0.833 bits per heavy atom. The monoisotopic (exact) mass is 389 g/mol. The van der Waals surface area contributed by atoms with E-state index in [2.05, 4.69) is 29.2 Å². The van der Waals surface area contributed by atoms with E-state index in [1.807, 2.05) is 59.2 Å². The Labute approximate surface area is 173 Å². The van der Waals surface area contributed by atoms with E-state index in [0.717, 1.165) is 45.0 Å². The van der Waals surface area contributed by atoms with Gasteiger partial charge in [0.15, 0.2) is 0 Å². The normalized spacial score (nSPS) is 18.0. The minimum atomic E-state index is 0.0631. The average molecular weight is 389 g/mol. The molecule has 0 spiro atoms. The van der Waals surface area contributed by atoms with E-state index in [9.17, 15) is 4.79 Å². The van der Waals surface area contributed by atoms with Gasteiger partial charge in [0.25, 0.3) is 5.56 Å². The standard InChI is InChI=1S/C26H19N3O/c30-26-20-7-3-1-6-19(20)15-24(18-11-13-27-14-12-18)29(26)25-16-21(25)23-10-9-17-5-2-4-8-22(17)28-23/h1-15,21,25H,16H2. The first-order valence-electron chi connectivity index (χ1n) is 10.2. The summed E-state index contributed by atoms with van der Waals surface area (Å²) in [5.41, 5.74) is 4.06. The predicted octanol–water partition coefficient (Wildman–Crippen LogP) is 5.34. The minimum absolute atomic E-state index is 0.0631. The molecule has 0 aliphatic heterocycles. The highest BCUT2D eigenvalue weighted by molar-refractivity contribution is 5.85. The third kappa shape index (κ3) is 2.72. The zero-order valence-corrected chi connectivity index (χ0v) is 16.3. The largest absolute Gasteiger partial charge is 0.304 e. The fourth-order valence-electron chi connectivity index (χ4n) is 4.42. The summed E-state index contributed by atoms with van der Waals surface area (Å²) >= 11 is 0. The van der Waals surface area contributed by atoms with E-state index in [1.165, 1.54) is 0 Å². The number of rotatable bonds is 3. The van der Waals surface area contributed by atoms with Gasteiger partial charge in [0, 0.05) is 46.4 Å². The van der Waals surface area contributed by atoms with Gasteiger partial charge in [-0.1, -0.05) is 42.5 Å². The molecule has 1 fully saturated rings. The van der Waals surface area contributed by atoms with Crippen molar-refractivity contribution in [2.45, 2.75) is 18.4 Å². The Kier molecular flexibility index (Phi) is 3.78. The van der Waals surface area contributed by atoms with Crippen LogP contribution in [-0.4, -0.2) is 14.5 Å². The number of hydrogen-bond donors (Lipinski definition) is 0. The van der Waals surface area contributed by atoms with Crippen molar-refractivity contribution in [2.24, 2.45) is 0 Å². The smallest absolute Gasteiger partial charge is 0.259 e. The molecule has 0 saturated heterocycles. The van der Waals surface area contributed by atoms with Crippen molar-refractivity contribution in [3.05, 3.63) is 107 Å². The van der Waals surface area contributed by atoms with Crippen LogP contribution in [0.15, 0.2) is 96.1 Å². The molecule has 2 unspecified atom stereocenters. The van der Waals surface area contributed by atoms with Crippen LogP contribution in [0.25, 0.3) is 32.9 Å². The van der Waals surface area contributed by atoms with E-state index in [1.54, 1.807) is 12.4 Å². The van der Waals surface area contributed by atoms with Gasteiger partial charge >= 0.3 is 0 Å². The molecule has 1 aliphatic carbocycles. The Morgan fingerprint density at radius 3 is 2.47 bits per heavy atom. The molecule has 6 rings (SSSR count). The first-order chi connectivity index (χ1) is 14.8. The second kappa shape index (κ2) is 6.63. The maximum Gasteiger partial charge on any atom is 0.259 e.